The van der Waals surface area contributed by atoms with Crippen molar-refractivity contribution in [2.45, 2.75) is 12.6 Å². The van der Waals surface area contributed by atoms with Crippen LogP contribution >= 0.6 is 22.6 Å². The number of imidazole rings is 1. The molecule has 0 aliphatic carbocycles. The third-order valence-electron chi connectivity index (χ3n) is 3.73. The lowest BCUT2D eigenvalue weighted by molar-refractivity contribution is 0.0914. The van der Waals surface area contributed by atoms with Gasteiger partial charge in [0.1, 0.15) is 12.7 Å². The standard InChI is InChI=1S/C19H16IN5O2/c20-16-4-2-15(3-5-16)19(26)24-17(11-25-8-7-22-13-25)12-27-18-6-1-14(9-21)10-23-18/h1-8,10,13,17H,11-12H2,(H,24,26)/t17-/m1/s1. The van der Waals surface area contributed by atoms with E-state index in [4.69, 9.17) is 10.00 Å². The van der Waals surface area contributed by atoms with Crippen molar-refractivity contribution >= 4 is 28.5 Å². The predicted molar refractivity (Wildman–Crippen MR) is 107 cm³/mol. The number of benzene rings is 1. The number of nitrogens with one attached hydrogen (secondary N) is 1. The first-order chi connectivity index (χ1) is 13.1. The second-order valence-corrected chi connectivity index (χ2v) is 6.99. The topological polar surface area (TPSA) is 92.8 Å². The van der Waals surface area contributed by atoms with E-state index in [1.807, 2.05) is 29.0 Å². The first-order valence-corrected chi connectivity index (χ1v) is 9.23. The van der Waals surface area contributed by atoms with Gasteiger partial charge in [-0.1, -0.05) is 0 Å². The molecular formula is C19H16IN5O2. The lowest BCUT2D eigenvalue weighted by atomic mass is 10.2. The third-order valence-corrected chi connectivity index (χ3v) is 4.45. The Morgan fingerprint density at radius 2 is 2.11 bits per heavy atom. The Morgan fingerprint density at radius 3 is 2.74 bits per heavy atom. The highest BCUT2D eigenvalue weighted by Gasteiger charge is 2.16. The first-order valence-electron chi connectivity index (χ1n) is 8.15. The van der Waals surface area contributed by atoms with Gasteiger partial charge in [0.15, 0.2) is 0 Å². The molecule has 0 aliphatic heterocycles. The number of rotatable bonds is 7. The zero-order chi connectivity index (χ0) is 19.1. The number of amides is 1. The maximum atomic E-state index is 12.5. The van der Waals surface area contributed by atoms with E-state index < -0.39 is 0 Å². The van der Waals surface area contributed by atoms with Gasteiger partial charge in [-0.3, -0.25) is 4.79 Å². The fourth-order valence-corrected chi connectivity index (χ4v) is 2.74. The Labute approximate surface area is 170 Å². The molecule has 0 saturated heterocycles. The van der Waals surface area contributed by atoms with Gasteiger partial charge >= 0.3 is 0 Å². The van der Waals surface area contributed by atoms with Crippen LogP contribution in [0, 0.1) is 14.9 Å². The van der Waals surface area contributed by atoms with Gasteiger partial charge in [0, 0.05) is 40.3 Å². The fourth-order valence-electron chi connectivity index (χ4n) is 2.38. The molecule has 2 heterocycles. The van der Waals surface area contributed by atoms with E-state index in [1.54, 1.807) is 36.8 Å². The quantitative estimate of drug-likeness (QED) is 0.533. The van der Waals surface area contributed by atoms with Gasteiger partial charge in [-0.05, 0) is 52.9 Å². The second kappa shape index (κ2) is 9.14. The zero-order valence-corrected chi connectivity index (χ0v) is 16.4. The highest BCUT2D eigenvalue weighted by atomic mass is 127. The molecule has 1 aromatic carbocycles. The average Bonchev–Trinajstić information content (AvgIpc) is 3.20. The van der Waals surface area contributed by atoms with Crippen LogP contribution in [0.5, 0.6) is 5.88 Å². The van der Waals surface area contributed by atoms with Crippen LogP contribution in [0.15, 0.2) is 61.3 Å². The fraction of sp³-hybridized carbons (Fsp3) is 0.158. The Bertz CT molecular complexity index is 918. The van der Waals surface area contributed by atoms with Crippen LogP contribution in [-0.2, 0) is 6.54 Å². The average molecular weight is 473 g/mol. The van der Waals surface area contributed by atoms with E-state index in [0.29, 0.717) is 23.6 Å². The van der Waals surface area contributed by atoms with Crippen LogP contribution < -0.4 is 10.1 Å². The summed E-state index contributed by atoms with van der Waals surface area (Å²) in [5.74, 6) is 0.223. The molecule has 1 N–H and O–H groups in total. The molecule has 8 heteroatoms. The van der Waals surface area contributed by atoms with Crippen molar-refractivity contribution in [2.75, 3.05) is 6.61 Å². The van der Waals surface area contributed by atoms with Crippen molar-refractivity contribution in [1.29, 1.82) is 5.26 Å². The molecule has 0 unspecified atom stereocenters. The van der Waals surface area contributed by atoms with Crippen molar-refractivity contribution in [2.24, 2.45) is 0 Å². The molecule has 1 amide bonds. The van der Waals surface area contributed by atoms with Gasteiger partial charge in [-0.25, -0.2) is 9.97 Å². The van der Waals surface area contributed by atoms with Gasteiger partial charge in [0.25, 0.3) is 5.91 Å². The summed E-state index contributed by atoms with van der Waals surface area (Å²) in [6.07, 6.45) is 6.64. The molecule has 0 spiro atoms. The summed E-state index contributed by atoms with van der Waals surface area (Å²) in [6, 6.07) is 12.3. The first kappa shape index (κ1) is 18.8. The molecule has 0 bridgehead atoms. The van der Waals surface area contributed by atoms with E-state index >= 15 is 0 Å². The van der Waals surface area contributed by atoms with E-state index in [-0.39, 0.29) is 18.6 Å². The summed E-state index contributed by atoms with van der Waals surface area (Å²) in [7, 11) is 0. The summed E-state index contributed by atoms with van der Waals surface area (Å²) in [5.41, 5.74) is 1.05. The minimum absolute atomic E-state index is 0.173. The van der Waals surface area contributed by atoms with Crippen molar-refractivity contribution in [3.05, 3.63) is 76.0 Å². The molecule has 0 fully saturated rings. The molecule has 1 atom stereocenters. The number of pyridine rings is 1. The molecule has 0 aliphatic rings. The molecule has 136 valence electrons. The van der Waals surface area contributed by atoms with Crippen LogP contribution in [0.4, 0.5) is 0 Å². The highest BCUT2D eigenvalue weighted by molar-refractivity contribution is 14.1. The lowest BCUT2D eigenvalue weighted by Crippen LogP contribution is -2.42. The van der Waals surface area contributed by atoms with Crippen molar-refractivity contribution in [1.82, 2.24) is 19.9 Å². The number of ether oxygens (including phenoxy) is 1. The number of halogens is 1. The van der Waals surface area contributed by atoms with Crippen LogP contribution in [0.3, 0.4) is 0 Å². The number of carbonyl (C=O) groups is 1. The summed E-state index contributed by atoms with van der Waals surface area (Å²) >= 11 is 2.20. The minimum Gasteiger partial charge on any atom is -0.475 e. The van der Waals surface area contributed by atoms with Crippen LogP contribution in [0.1, 0.15) is 15.9 Å². The van der Waals surface area contributed by atoms with E-state index in [0.717, 1.165) is 3.57 Å². The highest BCUT2D eigenvalue weighted by Crippen LogP contribution is 2.09. The summed E-state index contributed by atoms with van der Waals surface area (Å²) in [6.45, 7) is 0.736. The van der Waals surface area contributed by atoms with Crippen molar-refractivity contribution < 1.29 is 9.53 Å². The summed E-state index contributed by atoms with van der Waals surface area (Å²) < 4.78 is 8.64. The Kier molecular flexibility index (Phi) is 6.38. The maximum Gasteiger partial charge on any atom is 0.251 e. The van der Waals surface area contributed by atoms with Crippen LogP contribution in [0.25, 0.3) is 0 Å². The molecule has 27 heavy (non-hydrogen) atoms. The lowest BCUT2D eigenvalue weighted by Gasteiger charge is -2.19. The molecular weight excluding hydrogens is 457 g/mol. The number of aromatic nitrogens is 3. The van der Waals surface area contributed by atoms with E-state index in [2.05, 4.69) is 37.9 Å². The number of nitriles is 1. The second-order valence-electron chi connectivity index (χ2n) is 5.74. The van der Waals surface area contributed by atoms with Gasteiger partial charge in [0.05, 0.1) is 17.9 Å². The minimum atomic E-state index is -0.288. The Morgan fingerprint density at radius 1 is 1.30 bits per heavy atom. The van der Waals surface area contributed by atoms with Crippen molar-refractivity contribution in [3.63, 3.8) is 0 Å². The van der Waals surface area contributed by atoms with Gasteiger partial charge < -0.3 is 14.6 Å². The third kappa shape index (κ3) is 5.52. The number of carbonyl (C=O) groups excluding carboxylic acids is 1. The smallest absolute Gasteiger partial charge is 0.251 e. The Balaban J connectivity index is 1.67. The number of hydrogen-bond donors (Lipinski definition) is 1. The largest absolute Gasteiger partial charge is 0.475 e. The van der Waals surface area contributed by atoms with E-state index in [1.165, 1.54) is 6.20 Å². The monoisotopic (exact) mass is 473 g/mol. The van der Waals surface area contributed by atoms with Gasteiger partial charge in [-0.2, -0.15) is 5.26 Å². The maximum absolute atomic E-state index is 12.5. The van der Waals surface area contributed by atoms with Gasteiger partial charge in [-0.15, -0.1) is 0 Å². The molecule has 0 radical (unpaired) electrons. The summed E-state index contributed by atoms with van der Waals surface area (Å²) in [5, 5.41) is 11.8. The SMILES string of the molecule is N#Cc1ccc(OC[C@@H](Cn2ccnc2)NC(=O)c2ccc(I)cc2)nc1. The summed E-state index contributed by atoms with van der Waals surface area (Å²) in [4.78, 5) is 20.7. The number of hydrogen-bond acceptors (Lipinski definition) is 5. The molecule has 3 aromatic rings. The Hall–Kier alpha value is -2.93. The zero-order valence-electron chi connectivity index (χ0n) is 14.2. The van der Waals surface area contributed by atoms with Gasteiger partial charge in [0.2, 0.25) is 5.88 Å². The van der Waals surface area contributed by atoms with Crippen molar-refractivity contribution in [3.8, 4) is 11.9 Å². The molecule has 0 saturated carbocycles. The van der Waals surface area contributed by atoms with Crippen LogP contribution in [-0.4, -0.2) is 33.1 Å². The molecule has 7 nitrogen and oxygen atoms in total. The molecule has 2 aromatic heterocycles. The molecule has 3 rings (SSSR count). The normalized spacial score (nSPS) is 11.4. The predicted octanol–water partition coefficient (Wildman–Crippen LogP) is 2.63. The number of nitrogens with zero attached hydrogens (tertiary/aromatic N) is 4. The van der Waals surface area contributed by atoms with Crippen LogP contribution in [0.2, 0.25) is 0 Å². The van der Waals surface area contributed by atoms with E-state index in [9.17, 15) is 4.79 Å².